The molecular weight excluding hydrogens is 324 g/mol. The predicted molar refractivity (Wildman–Crippen MR) is 85.0 cm³/mol. The maximum atomic E-state index is 7.15. The maximum absolute atomic E-state index is 7.15. The van der Waals surface area contributed by atoms with E-state index in [1.807, 2.05) is 24.3 Å². The highest BCUT2D eigenvalue weighted by molar-refractivity contribution is 9.10. The highest BCUT2D eigenvalue weighted by Crippen LogP contribution is 2.32. The molecule has 0 aliphatic heterocycles. The van der Waals surface area contributed by atoms with Gasteiger partial charge in [-0.15, -0.1) is 0 Å². The van der Waals surface area contributed by atoms with Crippen LogP contribution in [0.2, 0.25) is 5.02 Å². The summed E-state index contributed by atoms with van der Waals surface area (Å²) < 4.78 is 26.9. The van der Waals surface area contributed by atoms with Crippen molar-refractivity contribution in [2.24, 2.45) is 0 Å². The Hall–Kier alpha value is -1.25. The Labute approximate surface area is 131 Å². The summed E-state index contributed by atoms with van der Waals surface area (Å²) in [6.07, 6.45) is 2.43. The molecule has 1 nitrogen and oxygen atoms in total. The standard InChI is InChI=1S/C16H14BrClO/c1-3-11-4-6-12(7-5-11)8-13-9-14(17)16(19-2)10-15(13)18/h3-7,9-10H,1,8H2,2H3/i2D3. The summed E-state index contributed by atoms with van der Waals surface area (Å²) in [4.78, 5) is 0. The fourth-order valence-electron chi connectivity index (χ4n) is 1.77. The van der Waals surface area contributed by atoms with Crippen LogP contribution in [0.3, 0.4) is 0 Å². The Morgan fingerprint density at radius 1 is 1.37 bits per heavy atom. The van der Waals surface area contributed by atoms with E-state index in [9.17, 15) is 0 Å². The zero-order valence-electron chi connectivity index (χ0n) is 13.1. The van der Waals surface area contributed by atoms with Gasteiger partial charge in [-0.05, 0) is 45.1 Å². The first kappa shape index (κ1) is 10.5. The van der Waals surface area contributed by atoms with E-state index >= 15 is 0 Å². The molecule has 0 radical (unpaired) electrons. The summed E-state index contributed by atoms with van der Waals surface area (Å²) in [6.45, 7) is 3.72. The SMILES string of the molecule is [2H]C([2H])([2H])Oc1cc(Cl)c(Cc2ccc(C=C)cc2)cc1Br. The van der Waals surface area contributed by atoms with Crippen molar-refractivity contribution in [3.63, 3.8) is 0 Å². The number of hydrogen-bond donors (Lipinski definition) is 0. The molecule has 2 aromatic carbocycles. The lowest BCUT2D eigenvalue weighted by atomic mass is 10.0. The van der Waals surface area contributed by atoms with E-state index in [0.717, 1.165) is 16.7 Å². The maximum Gasteiger partial charge on any atom is 0.134 e. The second-order valence-electron chi connectivity index (χ2n) is 4.10. The van der Waals surface area contributed by atoms with Gasteiger partial charge in [0.15, 0.2) is 0 Å². The molecule has 0 saturated carbocycles. The second kappa shape index (κ2) is 6.27. The van der Waals surface area contributed by atoms with Crippen LogP contribution >= 0.6 is 27.5 Å². The van der Waals surface area contributed by atoms with Crippen molar-refractivity contribution >= 4 is 33.6 Å². The third-order valence-electron chi connectivity index (χ3n) is 2.82. The van der Waals surface area contributed by atoms with Crippen molar-refractivity contribution < 1.29 is 8.85 Å². The fraction of sp³-hybridized carbons (Fsp3) is 0.125. The molecular formula is C16H14BrClO. The van der Waals surface area contributed by atoms with Gasteiger partial charge in [0, 0.05) is 11.1 Å². The molecule has 0 aliphatic carbocycles. The minimum Gasteiger partial charge on any atom is -0.496 e. The van der Waals surface area contributed by atoms with Crippen molar-refractivity contribution in [1.29, 1.82) is 0 Å². The van der Waals surface area contributed by atoms with Crippen molar-refractivity contribution in [2.45, 2.75) is 6.42 Å². The van der Waals surface area contributed by atoms with Crippen molar-refractivity contribution in [2.75, 3.05) is 7.04 Å². The lowest BCUT2D eigenvalue weighted by Gasteiger charge is -2.09. The van der Waals surface area contributed by atoms with E-state index in [1.165, 1.54) is 6.07 Å². The third kappa shape index (κ3) is 3.40. The van der Waals surface area contributed by atoms with Gasteiger partial charge in [-0.3, -0.25) is 0 Å². The number of benzene rings is 2. The summed E-state index contributed by atoms with van der Waals surface area (Å²) in [7, 11) is -2.51. The van der Waals surface area contributed by atoms with Crippen LogP contribution in [0.1, 0.15) is 20.8 Å². The summed E-state index contributed by atoms with van der Waals surface area (Å²) in [6, 6.07) is 11.3. The van der Waals surface area contributed by atoms with Crippen LogP contribution < -0.4 is 4.74 Å². The van der Waals surface area contributed by atoms with E-state index < -0.39 is 7.04 Å². The molecule has 0 spiro atoms. The Bertz CT molecular complexity index is 681. The highest BCUT2D eigenvalue weighted by atomic mass is 79.9. The largest absolute Gasteiger partial charge is 0.496 e. The van der Waals surface area contributed by atoms with E-state index in [1.54, 1.807) is 12.1 Å². The second-order valence-corrected chi connectivity index (χ2v) is 5.36. The van der Waals surface area contributed by atoms with Gasteiger partial charge in [0.1, 0.15) is 5.75 Å². The predicted octanol–water partition coefficient (Wildman–Crippen LogP) is 5.34. The molecule has 0 atom stereocenters. The number of halogens is 2. The molecule has 0 bridgehead atoms. The van der Waals surface area contributed by atoms with Crippen molar-refractivity contribution in [3.8, 4) is 5.75 Å². The van der Waals surface area contributed by atoms with Gasteiger partial charge in [-0.25, -0.2) is 0 Å². The number of rotatable bonds is 4. The Morgan fingerprint density at radius 3 is 2.74 bits per heavy atom. The molecule has 0 fully saturated rings. The van der Waals surface area contributed by atoms with Crippen LogP contribution in [-0.2, 0) is 6.42 Å². The summed E-state index contributed by atoms with van der Waals surface area (Å²) in [5.41, 5.74) is 3.04. The van der Waals surface area contributed by atoms with Crippen LogP contribution in [0.5, 0.6) is 5.75 Å². The van der Waals surface area contributed by atoms with Gasteiger partial charge >= 0.3 is 0 Å². The molecule has 0 N–H and O–H groups in total. The molecule has 2 aromatic rings. The lowest BCUT2D eigenvalue weighted by molar-refractivity contribution is 0.412. The average Bonchev–Trinajstić information content (AvgIpc) is 2.43. The number of ether oxygens (including phenoxy) is 1. The van der Waals surface area contributed by atoms with Crippen LogP contribution in [0.15, 0.2) is 47.4 Å². The Morgan fingerprint density at radius 2 is 2.11 bits per heavy atom. The quantitative estimate of drug-likeness (QED) is 0.729. The highest BCUT2D eigenvalue weighted by Gasteiger charge is 2.08. The number of hydrogen-bond acceptors (Lipinski definition) is 1. The van der Waals surface area contributed by atoms with E-state index in [-0.39, 0.29) is 5.75 Å². The van der Waals surface area contributed by atoms with Crippen LogP contribution in [-0.4, -0.2) is 7.04 Å². The smallest absolute Gasteiger partial charge is 0.134 e. The third-order valence-corrected chi connectivity index (χ3v) is 3.79. The van der Waals surface area contributed by atoms with Crippen molar-refractivity contribution in [1.82, 2.24) is 0 Å². The average molecular weight is 341 g/mol. The first-order valence-corrected chi connectivity index (χ1v) is 6.84. The minimum atomic E-state index is -2.51. The minimum absolute atomic E-state index is 0.204. The van der Waals surface area contributed by atoms with Crippen LogP contribution in [0.25, 0.3) is 6.08 Å². The molecule has 0 heterocycles. The zero-order chi connectivity index (χ0) is 16.3. The van der Waals surface area contributed by atoms with Gasteiger partial charge in [0.05, 0.1) is 15.6 Å². The van der Waals surface area contributed by atoms with Gasteiger partial charge in [-0.2, -0.15) is 0 Å². The summed E-state index contributed by atoms with van der Waals surface area (Å²) >= 11 is 9.56. The molecule has 0 saturated heterocycles. The van der Waals surface area contributed by atoms with Gasteiger partial charge in [0.25, 0.3) is 0 Å². The van der Waals surface area contributed by atoms with E-state index in [4.69, 9.17) is 20.5 Å². The molecule has 98 valence electrons. The Balaban J connectivity index is 2.24. The summed E-state index contributed by atoms with van der Waals surface area (Å²) in [5.74, 6) is 0.204. The monoisotopic (exact) mass is 339 g/mol. The lowest BCUT2D eigenvalue weighted by Crippen LogP contribution is -1.92. The molecule has 0 aromatic heterocycles. The first-order valence-electron chi connectivity index (χ1n) is 7.17. The number of methoxy groups -OCH3 is 1. The topological polar surface area (TPSA) is 9.23 Å². The van der Waals surface area contributed by atoms with Gasteiger partial charge in [-0.1, -0.05) is 48.5 Å². The van der Waals surface area contributed by atoms with Crippen LogP contribution in [0.4, 0.5) is 0 Å². The molecule has 3 heteroatoms. The molecule has 0 aliphatic rings. The summed E-state index contributed by atoms with van der Waals surface area (Å²) in [5, 5.41) is 0.468. The molecule has 2 rings (SSSR count). The van der Waals surface area contributed by atoms with Gasteiger partial charge < -0.3 is 4.74 Å². The van der Waals surface area contributed by atoms with Crippen molar-refractivity contribution in [3.05, 3.63) is 69.2 Å². The van der Waals surface area contributed by atoms with Gasteiger partial charge in [0.2, 0.25) is 0 Å². The Kier molecular flexibility index (Phi) is 3.47. The van der Waals surface area contributed by atoms with Crippen LogP contribution in [0, 0.1) is 0 Å². The van der Waals surface area contributed by atoms with E-state index in [0.29, 0.717) is 15.9 Å². The molecule has 0 amide bonds. The zero-order valence-corrected chi connectivity index (χ0v) is 12.5. The molecule has 0 unspecified atom stereocenters. The normalized spacial score (nSPS) is 13.3. The van der Waals surface area contributed by atoms with E-state index in [2.05, 4.69) is 22.5 Å². The fourth-order valence-corrected chi connectivity index (χ4v) is 2.47. The first-order chi connectivity index (χ1) is 10.3. The molecule has 19 heavy (non-hydrogen) atoms.